The third-order valence-electron chi connectivity index (χ3n) is 8.59. The molecule has 1 heterocycles. The van der Waals surface area contributed by atoms with Crippen LogP contribution in [0, 0.1) is 23.2 Å². The van der Waals surface area contributed by atoms with Gasteiger partial charge in [0.05, 0.1) is 19.3 Å². The SMILES string of the molecule is CN(Cc1ccccc1)CC(C#N)(CCc1ccccc1)NC(=O)C(CC(=O)N1CCOCC1)CC1CCCCC1. The average molecular weight is 559 g/mol. The molecule has 2 amide bonds. The van der Waals surface area contributed by atoms with Crippen LogP contribution in [0.2, 0.25) is 0 Å². The molecule has 7 nitrogen and oxygen atoms in total. The second-order valence-electron chi connectivity index (χ2n) is 12.0. The van der Waals surface area contributed by atoms with Crippen molar-refractivity contribution in [1.29, 1.82) is 5.26 Å². The summed E-state index contributed by atoms with van der Waals surface area (Å²) in [7, 11) is 2.00. The predicted molar refractivity (Wildman–Crippen MR) is 161 cm³/mol. The minimum absolute atomic E-state index is 0.0114. The zero-order valence-corrected chi connectivity index (χ0v) is 24.6. The molecular formula is C34H46N4O3. The van der Waals surface area contributed by atoms with E-state index in [1.807, 2.05) is 48.3 Å². The summed E-state index contributed by atoms with van der Waals surface area (Å²) >= 11 is 0. The molecule has 2 atom stereocenters. The molecule has 1 saturated heterocycles. The minimum Gasteiger partial charge on any atom is -0.378 e. The van der Waals surface area contributed by atoms with Gasteiger partial charge in [0.2, 0.25) is 11.8 Å². The topological polar surface area (TPSA) is 85.7 Å². The number of carbonyl (C=O) groups excluding carboxylic acids is 2. The molecule has 2 aromatic carbocycles. The highest BCUT2D eigenvalue weighted by atomic mass is 16.5. The van der Waals surface area contributed by atoms with Crippen molar-refractivity contribution in [3.05, 3.63) is 71.8 Å². The first-order chi connectivity index (χ1) is 20.0. The molecule has 2 aromatic rings. The molecule has 1 aliphatic carbocycles. The van der Waals surface area contributed by atoms with Gasteiger partial charge >= 0.3 is 0 Å². The highest BCUT2D eigenvalue weighted by Crippen LogP contribution is 2.31. The van der Waals surface area contributed by atoms with Crippen molar-refractivity contribution in [3.63, 3.8) is 0 Å². The van der Waals surface area contributed by atoms with Crippen molar-refractivity contribution in [2.45, 2.75) is 69.9 Å². The second-order valence-corrected chi connectivity index (χ2v) is 12.0. The van der Waals surface area contributed by atoms with E-state index < -0.39 is 11.5 Å². The maximum atomic E-state index is 14.1. The Morgan fingerprint density at radius 1 is 1.02 bits per heavy atom. The lowest BCUT2D eigenvalue weighted by Crippen LogP contribution is -2.56. The number of nitriles is 1. The standard InChI is InChI=1S/C34H46N4O3/c1-37(25-30-15-9-4-10-16-30)27-34(26-35,18-17-28-11-5-2-6-12-28)36-33(40)31(23-29-13-7-3-8-14-29)24-32(39)38-19-21-41-22-20-38/h2,4-6,9-12,15-16,29,31H,3,7-8,13-14,17-25,27H2,1H3,(H,36,40). The summed E-state index contributed by atoms with van der Waals surface area (Å²) in [6.07, 6.45) is 7.86. The first kappa shape index (κ1) is 30.7. The first-order valence-corrected chi connectivity index (χ1v) is 15.3. The number of nitrogens with one attached hydrogen (secondary N) is 1. The Bertz CT molecular complexity index is 1120. The molecule has 0 aromatic heterocycles. The van der Waals surface area contributed by atoms with E-state index in [2.05, 4.69) is 40.6 Å². The van der Waals surface area contributed by atoms with Gasteiger partial charge in [-0.05, 0) is 43.4 Å². The second kappa shape index (κ2) is 15.7. The summed E-state index contributed by atoms with van der Waals surface area (Å²) in [5.74, 6) is -0.159. The number of hydrogen-bond donors (Lipinski definition) is 1. The van der Waals surface area contributed by atoms with Gasteiger partial charge in [0.1, 0.15) is 5.54 Å². The van der Waals surface area contributed by atoms with E-state index >= 15 is 0 Å². The van der Waals surface area contributed by atoms with Gasteiger partial charge < -0.3 is 15.0 Å². The predicted octanol–water partition coefficient (Wildman–Crippen LogP) is 4.97. The summed E-state index contributed by atoms with van der Waals surface area (Å²) in [4.78, 5) is 31.3. The van der Waals surface area contributed by atoms with Crippen LogP contribution in [0.4, 0.5) is 0 Å². The molecule has 0 bridgehead atoms. The summed E-state index contributed by atoms with van der Waals surface area (Å²) < 4.78 is 5.43. The highest BCUT2D eigenvalue weighted by molar-refractivity contribution is 5.86. The quantitative estimate of drug-likeness (QED) is 0.375. The molecule has 1 N–H and O–H groups in total. The Kier molecular flexibility index (Phi) is 11.8. The van der Waals surface area contributed by atoms with E-state index in [0.29, 0.717) is 64.6 Å². The number of benzene rings is 2. The van der Waals surface area contributed by atoms with E-state index in [1.54, 1.807) is 0 Å². The van der Waals surface area contributed by atoms with Crippen LogP contribution in [0.25, 0.3) is 0 Å². The number of morpholine rings is 1. The van der Waals surface area contributed by atoms with Gasteiger partial charge in [0.15, 0.2) is 0 Å². The Labute approximate surface area is 245 Å². The highest BCUT2D eigenvalue weighted by Gasteiger charge is 2.37. The number of carbonyl (C=O) groups is 2. The third kappa shape index (κ3) is 9.69. The van der Waals surface area contributed by atoms with E-state index in [-0.39, 0.29) is 18.2 Å². The molecule has 7 heteroatoms. The van der Waals surface area contributed by atoms with Crippen molar-refractivity contribution >= 4 is 11.8 Å². The van der Waals surface area contributed by atoms with Gasteiger partial charge in [-0.25, -0.2) is 0 Å². The zero-order chi connectivity index (χ0) is 28.9. The Balaban J connectivity index is 1.52. The third-order valence-corrected chi connectivity index (χ3v) is 8.59. The molecule has 1 saturated carbocycles. The van der Waals surface area contributed by atoms with Crippen LogP contribution in [0.15, 0.2) is 60.7 Å². The maximum Gasteiger partial charge on any atom is 0.224 e. The number of hydrogen-bond acceptors (Lipinski definition) is 5. The lowest BCUT2D eigenvalue weighted by Gasteiger charge is -2.35. The van der Waals surface area contributed by atoms with Crippen molar-refractivity contribution in [3.8, 4) is 6.07 Å². The normalized spacial score (nSPS) is 18.3. The number of aryl methyl sites for hydroxylation is 1. The fraction of sp³-hybridized carbons (Fsp3) is 0.559. The van der Waals surface area contributed by atoms with Crippen LogP contribution >= 0.6 is 0 Å². The van der Waals surface area contributed by atoms with Crippen molar-refractivity contribution in [2.24, 2.45) is 11.8 Å². The Hall–Kier alpha value is -3.21. The molecule has 4 rings (SSSR count). The summed E-state index contributed by atoms with van der Waals surface area (Å²) in [5, 5.41) is 13.9. The molecule has 2 aliphatic rings. The lowest BCUT2D eigenvalue weighted by atomic mass is 9.81. The van der Waals surface area contributed by atoms with Crippen LogP contribution in [0.3, 0.4) is 0 Å². The Morgan fingerprint density at radius 2 is 1.66 bits per heavy atom. The number of amides is 2. The minimum atomic E-state index is -1.08. The maximum absolute atomic E-state index is 14.1. The zero-order valence-electron chi connectivity index (χ0n) is 24.6. The summed E-state index contributed by atoms with van der Waals surface area (Å²) in [6, 6.07) is 22.8. The van der Waals surface area contributed by atoms with Crippen molar-refractivity contribution in [1.82, 2.24) is 15.1 Å². The van der Waals surface area contributed by atoms with Gasteiger partial charge in [-0.15, -0.1) is 0 Å². The fourth-order valence-corrected chi connectivity index (χ4v) is 6.31. The monoisotopic (exact) mass is 558 g/mol. The van der Waals surface area contributed by atoms with Crippen LogP contribution in [0.1, 0.15) is 62.5 Å². The molecule has 41 heavy (non-hydrogen) atoms. The number of likely N-dealkylation sites (N-methyl/N-ethyl adjacent to an activating group) is 1. The molecular weight excluding hydrogens is 512 g/mol. The van der Waals surface area contributed by atoms with Crippen molar-refractivity contribution < 1.29 is 14.3 Å². The van der Waals surface area contributed by atoms with Crippen LogP contribution in [0.5, 0.6) is 0 Å². The molecule has 1 aliphatic heterocycles. The molecule has 2 fully saturated rings. The van der Waals surface area contributed by atoms with Gasteiger partial charge in [-0.1, -0.05) is 92.8 Å². The smallest absolute Gasteiger partial charge is 0.224 e. The molecule has 220 valence electrons. The van der Waals surface area contributed by atoms with Gasteiger partial charge in [-0.3, -0.25) is 14.5 Å². The molecule has 0 spiro atoms. The van der Waals surface area contributed by atoms with Gasteiger partial charge in [0.25, 0.3) is 0 Å². The first-order valence-electron chi connectivity index (χ1n) is 15.3. The number of rotatable bonds is 13. The van der Waals surface area contributed by atoms with E-state index in [0.717, 1.165) is 24.0 Å². The van der Waals surface area contributed by atoms with Gasteiger partial charge in [0, 0.05) is 38.5 Å². The summed E-state index contributed by atoms with van der Waals surface area (Å²) in [5.41, 5.74) is 1.21. The van der Waals surface area contributed by atoms with E-state index in [9.17, 15) is 14.9 Å². The van der Waals surface area contributed by atoms with Crippen LogP contribution in [-0.2, 0) is 27.3 Å². The van der Waals surface area contributed by atoms with Crippen LogP contribution < -0.4 is 5.32 Å². The number of ether oxygens (including phenoxy) is 1. The molecule has 0 radical (unpaired) electrons. The fourth-order valence-electron chi connectivity index (χ4n) is 6.31. The Morgan fingerprint density at radius 3 is 2.29 bits per heavy atom. The van der Waals surface area contributed by atoms with Crippen molar-refractivity contribution in [2.75, 3.05) is 39.9 Å². The average Bonchev–Trinajstić information content (AvgIpc) is 3.01. The van der Waals surface area contributed by atoms with Gasteiger partial charge in [-0.2, -0.15) is 5.26 Å². The number of nitrogens with zero attached hydrogens (tertiary/aromatic N) is 3. The van der Waals surface area contributed by atoms with E-state index in [4.69, 9.17) is 4.74 Å². The summed E-state index contributed by atoms with van der Waals surface area (Å²) in [6.45, 7) is 3.28. The van der Waals surface area contributed by atoms with E-state index in [1.165, 1.54) is 19.3 Å². The van der Waals surface area contributed by atoms with Crippen LogP contribution in [-0.4, -0.2) is 67.0 Å². The largest absolute Gasteiger partial charge is 0.378 e. The molecule has 2 unspecified atom stereocenters. The lowest BCUT2D eigenvalue weighted by molar-refractivity contribution is -0.140.